The van der Waals surface area contributed by atoms with Crippen molar-refractivity contribution in [1.82, 2.24) is 9.88 Å². The first-order chi connectivity index (χ1) is 12.0. The number of aryl methyl sites for hydroxylation is 1. The monoisotopic (exact) mass is 346 g/mol. The van der Waals surface area contributed by atoms with E-state index in [9.17, 15) is 9.59 Å². The molecule has 1 amide bonds. The van der Waals surface area contributed by atoms with Crippen LogP contribution in [0.1, 0.15) is 56.4 Å². The number of hydrogen-bond acceptors (Lipinski definition) is 4. The number of nitrogens with zero attached hydrogens (tertiary/aromatic N) is 1. The van der Waals surface area contributed by atoms with E-state index in [1.807, 2.05) is 13.8 Å². The third kappa shape index (κ3) is 3.72. The number of hydrogen-bond donors (Lipinski definition) is 1. The van der Waals surface area contributed by atoms with Crippen molar-refractivity contribution in [3.8, 4) is 0 Å². The van der Waals surface area contributed by atoms with Gasteiger partial charge in [-0.2, -0.15) is 0 Å². The molecule has 0 bridgehead atoms. The van der Waals surface area contributed by atoms with Crippen LogP contribution >= 0.6 is 0 Å². The summed E-state index contributed by atoms with van der Waals surface area (Å²) in [4.78, 5) is 25.2. The summed E-state index contributed by atoms with van der Waals surface area (Å²) in [6.07, 6.45) is 6.28. The number of esters is 1. The van der Waals surface area contributed by atoms with E-state index in [0.717, 1.165) is 31.2 Å². The van der Waals surface area contributed by atoms with Gasteiger partial charge in [0.2, 0.25) is 0 Å². The molecular formula is C19H26N2O4. The van der Waals surface area contributed by atoms with E-state index in [0.29, 0.717) is 11.3 Å². The van der Waals surface area contributed by atoms with Gasteiger partial charge in [0.1, 0.15) is 5.69 Å². The van der Waals surface area contributed by atoms with E-state index in [-0.39, 0.29) is 17.9 Å². The topological polar surface area (TPSA) is 73.5 Å². The molecule has 0 spiro atoms. The van der Waals surface area contributed by atoms with Crippen LogP contribution in [0.4, 0.5) is 0 Å². The molecular weight excluding hydrogens is 320 g/mol. The summed E-state index contributed by atoms with van der Waals surface area (Å²) < 4.78 is 12.6. The van der Waals surface area contributed by atoms with Crippen molar-refractivity contribution in [2.45, 2.75) is 58.1 Å². The molecule has 1 aliphatic rings. The minimum absolute atomic E-state index is 0.101. The normalized spacial score (nSPS) is 17.0. The summed E-state index contributed by atoms with van der Waals surface area (Å²) in [6.45, 7) is 3.77. The maximum Gasteiger partial charge on any atom is 0.355 e. The van der Waals surface area contributed by atoms with Gasteiger partial charge >= 0.3 is 5.97 Å². The van der Waals surface area contributed by atoms with Gasteiger partial charge in [-0.25, -0.2) is 4.79 Å². The van der Waals surface area contributed by atoms with Crippen molar-refractivity contribution in [2.24, 2.45) is 13.0 Å². The van der Waals surface area contributed by atoms with Crippen LogP contribution in [-0.2, 0) is 16.6 Å². The highest BCUT2D eigenvalue weighted by molar-refractivity contribution is 5.95. The van der Waals surface area contributed by atoms with E-state index in [1.54, 1.807) is 30.0 Å². The third-order valence-electron chi connectivity index (χ3n) is 4.92. The number of fused-ring (bicyclic) bond motifs is 1. The van der Waals surface area contributed by atoms with Gasteiger partial charge in [0.25, 0.3) is 5.91 Å². The molecule has 0 aliphatic heterocycles. The van der Waals surface area contributed by atoms with Gasteiger partial charge < -0.3 is 19.0 Å². The molecule has 0 aromatic carbocycles. The van der Waals surface area contributed by atoms with E-state index < -0.39 is 12.1 Å². The molecule has 0 radical (unpaired) electrons. The fourth-order valence-corrected chi connectivity index (χ4v) is 3.44. The quantitative estimate of drug-likeness (QED) is 0.842. The van der Waals surface area contributed by atoms with E-state index in [4.69, 9.17) is 9.15 Å². The first-order valence-corrected chi connectivity index (χ1v) is 9.01. The molecule has 25 heavy (non-hydrogen) atoms. The predicted octanol–water partition coefficient (Wildman–Crippen LogP) is 3.40. The van der Waals surface area contributed by atoms with Crippen LogP contribution in [-0.4, -0.2) is 28.6 Å². The minimum Gasteiger partial charge on any atom is -0.463 e. The summed E-state index contributed by atoms with van der Waals surface area (Å²) in [5.74, 6) is -0.810. The summed E-state index contributed by atoms with van der Waals surface area (Å²) in [5.41, 5.74) is 1.83. The van der Waals surface area contributed by atoms with Gasteiger partial charge in [0.15, 0.2) is 11.7 Å². The lowest BCUT2D eigenvalue weighted by atomic mass is 9.95. The van der Waals surface area contributed by atoms with Crippen LogP contribution in [0.15, 0.2) is 22.8 Å². The second kappa shape index (κ2) is 7.33. The van der Waals surface area contributed by atoms with E-state index in [1.165, 1.54) is 6.42 Å². The Bertz CT molecular complexity index is 753. The molecule has 6 heteroatoms. The highest BCUT2D eigenvalue weighted by atomic mass is 16.5. The molecule has 0 saturated heterocycles. The molecule has 136 valence electrons. The van der Waals surface area contributed by atoms with E-state index >= 15 is 0 Å². The summed E-state index contributed by atoms with van der Waals surface area (Å²) in [5, 5.41) is 3.05. The number of carbonyl (C=O) groups excluding carboxylic acids is 2. The van der Waals surface area contributed by atoms with Gasteiger partial charge in [-0.1, -0.05) is 33.1 Å². The third-order valence-corrected chi connectivity index (χ3v) is 4.92. The van der Waals surface area contributed by atoms with Crippen LogP contribution < -0.4 is 5.32 Å². The zero-order chi connectivity index (χ0) is 18.0. The lowest BCUT2D eigenvalue weighted by Crippen LogP contribution is -2.46. The predicted molar refractivity (Wildman–Crippen MR) is 94.2 cm³/mol. The molecule has 1 N–H and O–H groups in total. The molecule has 6 nitrogen and oxygen atoms in total. The van der Waals surface area contributed by atoms with Crippen molar-refractivity contribution < 1.29 is 18.7 Å². The van der Waals surface area contributed by atoms with Crippen LogP contribution in [0.25, 0.3) is 11.1 Å². The number of carbonyl (C=O) groups is 2. The van der Waals surface area contributed by atoms with Crippen molar-refractivity contribution in [3.05, 3.63) is 24.1 Å². The second-order valence-electron chi connectivity index (χ2n) is 7.17. The molecule has 1 saturated carbocycles. The number of furan rings is 1. The Morgan fingerprint density at radius 1 is 1.28 bits per heavy atom. The van der Waals surface area contributed by atoms with E-state index in [2.05, 4.69) is 5.32 Å². The fraction of sp³-hybridized carbons (Fsp3) is 0.579. The Balaban J connectivity index is 1.70. The average molecular weight is 346 g/mol. The highest BCUT2D eigenvalue weighted by Crippen LogP contribution is 2.22. The first-order valence-electron chi connectivity index (χ1n) is 9.01. The second-order valence-corrected chi connectivity index (χ2v) is 7.17. The zero-order valence-electron chi connectivity index (χ0n) is 15.1. The Morgan fingerprint density at radius 3 is 2.64 bits per heavy atom. The lowest BCUT2D eigenvalue weighted by molar-refractivity contribution is -0.133. The number of amides is 1. The number of rotatable bonds is 5. The molecule has 3 rings (SSSR count). The Labute approximate surface area is 147 Å². The van der Waals surface area contributed by atoms with Gasteiger partial charge in [-0.3, -0.25) is 4.79 Å². The minimum atomic E-state index is -0.796. The van der Waals surface area contributed by atoms with Crippen LogP contribution in [0, 0.1) is 5.92 Å². The lowest BCUT2D eigenvalue weighted by Gasteiger charge is -2.27. The van der Waals surface area contributed by atoms with Gasteiger partial charge in [-0.05, 0) is 18.8 Å². The van der Waals surface area contributed by atoms with Crippen LogP contribution in [0.2, 0.25) is 0 Å². The number of aromatic nitrogens is 1. The smallest absolute Gasteiger partial charge is 0.355 e. The molecule has 2 heterocycles. The zero-order valence-corrected chi connectivity index (χ0v) is 15.1. The molecule has 1 atom stereocenters. The molecule has 2 aromatic rings. The summed E-state index contributed by atoms with van der Waals surface area (Å²) in [7, 11) is 1.78. The van der Waals surface area contributed by atoms with Crippen molar-refractivity contribution in [2.75, 3.05) is 0 Å². The molecule has 2 aromatic heterocycles. The molecule has 1 unspecified atom stereocenters. The highest BCUT2D eigenvalue weighted by Gasteiger charge is 2.30. The standard InChI is InChI=1S/C19H26N2O4/c1-12(2)17(18(22)20-13-7-5-4-6-8-13)25-19(23)15-11-16-14(21(15)3)9-10-24-16/h9-13,17H,4-8H2,1-3H3,(H,20,22). The summed E-state index contributed by atoms with van der Waals surface area (Å²) in [6, 6.07) is 3.63. The summed E-state index contributed by atoms with van der Waals surface area (Å²) >= 11 is 0. The fourth-order valence-electron chi connectivity index (χ4n) is 3.44. The van der Waals surface area contributed by atoms with Gasteiger partial charge in [0, 0.05) is 25.2 Å². The molecule has 1 aliphatic carbocycles. The Kier molecular flexibility index (Phi) is 5.16. The number of nitrogens with one attached hydrogen (secondary N) is 1. The van der Waals surface area contributed by atoms with Crippen molar-refractivity contribution in [1.29, 1.82) is 0 Å². The van der Waals surface area contributed by atoms with Crippen molar-refractivity contribution in [3.63, 3.8) is 0 Å². The van der Waals surface area contributed by atoms with Gasteiger partial charge in [0.05, 0.1) is 11.8 Å². The van der Waals surface area contributed by atoms with Gasteiger partial charge in [-0.15, -0.1) is 0 Å². The number of ether oxygens (including phenoxy) is 1. The van der Waals surface area contributed by atoms with Crippen LogP contribution in [0.5, 0.6) is 0 Å². The van der Waals surface area contributed by atoms with Crippen molar-refractivity contribution >= 4 is 23.0 Å². The van der Waals surface area contributed by atoms with Crippen LogP contribution in [0.3, 0.4) is 0 Å². The maximum atomic E-state index is 12.6. The average Bonchev–Trinajstić information content (AvgIpc) is 3.16. The SMILES string of the molecule is CC(C)C(OC(=O)c1cc2occc2n1C)C(=O)NC1CCCCC1. The Morgan fingerprint density at radius 2 is 2.00 bits per heavy atom. The maximum absolute atomic E-state index is 12.6. The Hall–Kier alpha value is -2.24. The largest absolute Gasteiger partial charge is 0.463 e. The molecule has 1 fully saturated rings. The first kappa shape index (κ1) is 17.6.